The summed E-state index contributed by atoms with van der Waals surface area (Å²) in [6.07, 6.45) is 4.77. The van der Waals surface area contributed by atoms with Crippen molar-refractivity contribution in [2.75, 3.05) is 7.11 Å². The predicted octanol–water partition coefficient (Wildman–Crippen LogP) is 2.67. The fourth-order valence-electron chi connectivity index (χ4n) is 2.12. The fourth-order valence-corrected chi connectivity index (χ4v) is 2.12. The van der Waals surface area contributed by atoms with Crippen molar-refractivity contribution < 1.29 is 4.74 Å². The van der Waals surface area contributed by atoms with Crippen LogP contribution in [0.1, 0.15) is 30.6 Å². The molecule has 4 heteroatoms. The number of methoxy groups -OCH3 is 1. The molecule has 0 radical (unpaired) electrons. The maximum Gasteiger partial charge on any atom is 0.118 e. The van der Waals surface area contributed by atoms with Gasteiger partial charge in [-0.3, -0.25) is 0 Å². The van der Waals surface area contributed by atoms with Crippen LogP contribution < -0.4 is 10.1 Å². The molecule has 19 heavy (non-hydrogen) atoms. The van der Waals surface area contributed by atoms with Crippen LogP contribution in [0.25, 0.3) is 0 Å². The van der Waals surface area contributed by atoms with Gasteiger partial charge in [-0.1, -0.05) is 19.1 Å². The van der Waals surface area contributed by atoms with Crippen LogP contribution in [-0.4, -0.2) is 16.7 Å². The number of hydrogen-bond donors (Lipinski definition) is 1. The lowest BCUT2D eigenvalue weighted by Crippen LogP contribution is -2.21. The molecule has 0 fully saturated rings. The quantitative estimate of drug-likeness (QED) is 0.867. The van der Waals surface area contributed by atoms with Crippen LogP contribution >= 0.6 is 0 Å². The van der Waals surface area contributed by atoms with Crippen molar-refractivity contribution in [2.45, 2.75) is 25.9 Å². The molecular formula is C15H21N3O. The largest absolute Gasteiger partial charge is 0.497 e. The first kappa shape index (κ1) is 13.6. The van der Waals surface area contributed by atoms with Gasteiger partial charge in [0.05, 0.1) is 19.1 Å². The summed E-state index contributed by atoms with van der Waals surface area (Å²) in [5.41, 5.74) is 2.47. The molecule has 102 valence electrons. The second-order valence-electron chi connectivity index (χ2n) is 4.61. The lowest BCUT2D eigenvalue weighted by atomic mass is 10.0. The number of ether oxygens (including phenoxy) is 1. The summed E-state index contributed by atoms with van der Waals surface area (Å²) in [6.45, 7) is 3.01. The maximum absolute atomic E-state index is 5.19. The van der Waals surface area contributed by atoms with E-state index in [9.17, 15) is 0 Å². The Kier molecular flexibility index (Phi) is 4.58. The first-order valence-corrected chi connectivity index (χ1v) is 6.57. The first-order valence-electron chi connectivity index (χ1n) is 6.57. The Hall–Kier alpha value is -1.81. The van der Waals surface area contributed by atoms with Crippen molar-refractivity contribution in [1.82, 2.24) is 14.9 Å². The molecule has 0 saturated heterocycles. The molecule has 1 atom stereocenters. The van der Waals surface area contributed by atoms with E-state index in [0.29, 0.717) is 6.04 Å². The van der Waals surface area contributed by atoms with Gasteiger partial charge in [-0.05, 0) is 24.1 Å². The summed E-state index contributed by atoms with van der Waals surface area (Å²) in [6, 6.07) is 8.58. The molecule has 4 nitrogen and oxygen atoms in total. The van der Waals surface area contributed by atoms with Gasteiger partial charge in [-0.25, -0.2) is 4.98 Å². The number of aromatic nitrogens is 2. The molecule has 0 saturated carbocycles. The van der Waals surface area contributed by atoms with Crippen LogP contribution in [0.2, 0.25) is 0 Å². The highest BCUT2D eigenvalue weighted by Gasteiger charge is 2.09. The Morgan fingerprint density at radius 2 is 2.05 bits per heavy atom. The van der Waals surface area contributed by atoms with Crippen LogP contribution in [0.5, 0.6) is 5.75 Å². The van der Waals surface area contributed by atoms with Gasteiger partial charge in [0.25, 0.3) is 0 Å². The topological polar surface area (TPSA) is 39.1 Å². The summed E-state index contributed by atoms with van der Waals surface area (Å²) in [5, 5.41) is 3.56. The molecule has 0 bridgehead atoms. The van der Waals surface area contributed by atoms with E-state index < -0.39 is 0 Å². The molecule has 2 rings (SSSR count). The number of rotatable bonds is 6. The maximum atomic E-state index is 5.19. The van der Waals surface area contributed by atoms with Gasteiger partial charge in [-0.2, -0.15) is 0 Å². The van der Waals surface area contributed by atoms with Gasteiger partial charge < -0.3 is 14.6 Å². The highest BCUT2D eigenvalue weighted by atomic mass is 16.5. The van der Waals surface area contributed by atoms with Gasteiger partial charge >= 0.3 is 0 Å². The Morgan fingerprint density at radius 3 is 2.58 bits per heavy atom. The Balaban J connectivity index is 2.01. The van der Waals surface area contributed by atoms with Gasteiger partial charge in [0.2, 0.25) is 0 Å². The van der Waals surface area contributed by atoms with Crippen molar-refractivity contribution in [3.63, 3.8) is 0 Å². The van der Waals surface area contributed by atoms with Gasteiger partial charge in [0.15, 0.2) is 0 Å². The molecule has 1 aromatic carbocycles. The molecule has 1 aromatic heterocycles. The third kappa shape index (κ3) is 3.35. The van der Waals surface area contributed by atoms with Crippen LogP contribution in [0, 0.1) is 0 Å². The highest BCUT2D eigenvalue weighted by molar-refractivity contribution is 5.29. The van der Waals surface area contributed by atoms with E-state index in [-0.39, 0.29) is 0 Å². The molecule has 2 aromatic rings. The van der Waals surface area contributed by atoms with Crippen LogP contribution in [-0.2, 0) is 13.6 Å². The number of imidazole rings is 1. The van der Waals surface area contributed by atoms with Gasteiger partial charge in [-0.15, -0.1) is 0 Å². The second kappa shape index (κ2) is 6.38. The van der Waals surface area contributed by atoms with Crippen molar-refractivity contribution in [1.29, 1.82) is 0 Å². The van der Waals surface area contributed by atoms with Crippen LogP contribution in [0.15, 0.2) is 36.8 Å². The summed E-state index contributed by atoms with van der Waals surface area (Å²) in [5.74, 6) is 0.894. The molecule has 0 spiro atoms. The first-order chi connectivity index (χ1) is 9.24. The molecule has 0 aliphatic heterocycles. The standard InChI is InChI=1S/C15H21N3O/c1-4-15(12-5-7-14(19-3)8-6-12)17-10-13-9-16-11-18(13)2/h5-9,11,15,17H,4,10H2,1-3H3. The molecule has 0 aliphatic carbocycles. The Labute approximate surface area is 114 Å². The zero-order valence-electron chi connectivity index (χ0n) is 11.8. The fraction of sp³-hybridized carbons (Fsp3) is 0.400. The molecule has 1 unspecified atom stereocenters. The van der Waals surface area contributed by atoms with Gasteiger partial charge in [0.1, 0.15) is 5.75 Å². The van der Waals surface area contributed by atoms with E-state index in [0.717, 1.165) is 18.7 Å². The highest BCUT2D eigenvalue weighted by Crippen LogP contribution is 2.20. The normalized spacial score (nSPS) is 12.4. The van der Waals surface area contributed by atoms with E-state index in [1.165, 1.54) is 11.3 Å². The van der Waals surface area contributed by atoms with E-state index in [1.807, 2.05) is 36.3 Å². The number of aryl methyl sites for hydroxylation is 1. The minimum Gasteiger partial charge on any atom is -0.497 e. The third-order valence-electron chi connectivity index (χ3n) is 3.37. The smallest absolute Gasteiger partial charge is 0.118 e. The van der Waals surface area contributed by atoms with Gasteiger partial charge in [0, 0.05) is 25.8 Å². The number of hydrogen-bond acceptors (Lipinski definition) is 3. The van der Waals surface area contributed by atoms with E-state index in [1.54, 1.807) is 7.11 Å². The van der Waals surface area contributed by atoms with Crippen molar-refractivity contribution >= 4 is 0 Å². The number of nitrogens with zero attached hydrogens (tertiary/aromatic N) is 2. The van der Waals surface area contributed by atoms with Crippen molar-refractivity contribution in [2.24, 2.45) is 7.05 Å². The van der Waals surface area contributed by atoms with E-state index in [2.05, 4.69) is 29.4 Å². The molecule has 0 amide bonds. The minimum atomic E-state index is 0.348. The summed E-state index contributed by atoms with van der Waals surface area (Å²) < 4.78 is 7.22. The van der Waals surface area contributed by atoms with Crippen LogP contribution in [0.4, 0.5) is 0 Å². The SMILES string of the molecule is CCC(NCc1cncn1C)c1ccc(OC)cc1. The van der Waals surface area contributed by atoms with Crippen molar-refractivity contribution in [3.05, 3.63) is 48.0 Å². The predicted molar refractivity (Wildman–Crippen MR) is 76.1 cm³/mol. The second-order valence-corrected chi connectivity index (χ2v) is 4.61. The lowest BCUT2D eigenvalue weighted by Gasteiger charge is -2.18. The zero-order valence-corrected chi connectivity index (χ0v) is 11.8. The summed E-state index contributed by atoms with van der Waals surface area (Å²) in [4.78, 5) is 4.13. The third-order valence-corrected chi connectivity index (χ3v) is 3.37. The molecule has 0 aliphatic rings. The van der Waals surface area contributed by atoms with Crippen LogP contribution in [0.3, 0.4) is 0 Å². The number of benzene rings is 1. The van der Waals surface area contributed by atoms with Crippen molar-refractivity contribution in [3.8, 4) is 5.75 Å². The average Bonchev–Trinajstić information content (AvgIpc) is 2.86. The zero-order chi connectivity index (χ0) is 13.7. The van der Waals surface area contributed by atoms with E-state index in [4.69, 9.17) is 4.74 Å². The number of nitrogens with one attached hydrogen (secondary N) is 1. The summed E-state index contributed by atoms with van der Waals surface area (Å²) in [7, 11) is 3.70. The Morgan fingerprint density at radius 1 is 1.32 bits per heavy atom. The lowest BCUT2D eigenvalue weighted by molar-refractivity contribution is 0.414. The molecular weight excluding hydrogens is 238 g/mol. The molecule has 1 heterocycles. The monoisotopic (exact) mass is 259 g/mol. The minimum absolute atomic E-state index is 0.348. The summed E-state index contributed by atoms with van der Waals surface area (Å²) >= 11 is 0. The van der Waals surface area contributed by atoms with E-state index >= 15 is 0 Å². The average molecular weight is 259 g/mol. The Bertz CT molecular complexity index is 504. The molecule has 1 N–H and O–H groups in total.